The third kappa shape index (κ3) is 5.76. The average molecular weight is 326 g/mol. The number of carboxylic acid groups (broad SMARTS) is 1. The van der Waals surface area contributed by atoms with E-state index >= 15 is 0 Å². The second-order valence-electron chi connectivity index (χ2n) is 5.51. The number of hydrogen-bond acceptors (Lipinski definition) is 2. The van der Waals surface area contributed by atoms with Gasteiger partial charge in [-0.3, -0.25) is 4.79 Å². The first-order valence-corrected chi connectivity index (χ1v) is 8.00. The smallest absolute Gasteiger partial charge is 0.314 e. The van der Waals surface area contributed by atoms with Crippen molar-refractivity contribution in [2.24, 2.45) is 0 Å². The van der Waals surface area contributed by atoms with Crippen molar-refractivity contribution in [2.75, 3.05) is 13.1 Å². The summed E-state index contributed by atoms with van der Waals surface area (Å²) in [6.07, 6.45) is 0.473. The topological polar surface area (TPSA) is 78.4 Å². The predicted molar refractivity (Wildman–Crippen MR) is 93.0 cm³/mol. The Morgan fingerprint density at radius 1 is 0.875 bits per heavy atom. The summed E-state index contributed by atoms with van der Waals surface area (Å²) in [5.74, 6) is -0.789. The molecule has 2 aromatic carbocycles. The van der Waals surface area contributed by atoms with E-state index in [9.17, 15) is 9.59 Å². The lowest BCUT2D eigenvalue weighted by Gasteiger charge is -2.19. The zero-order valence-electron chi connectivity index (χ0n) is 13.4. The molecular weight excluding hydrogens is 304 g/mol. The molecule has 2 rings (SSSR count). The Morgan fingerprint density at radius 3 is 1.92 bits per heavy atom. The van der Waals surface area contributed by atoms with Crippen molar-refractivity contribution in [3.8, 4) is 0 Å². The van der Waals surface area contributed by atoms with Crippen LogP contribution in [0, 0.1) is 0 Å². The van der Waals surface area contributed by atoms with Crippen LogP contribution in [0.3, 0.4) is 0 Å². The second kappa shape index (κ2) is 9.35. The van der Waals surface area contributed by atoms with E-state index in [1.807, 2.05) is 60.7 Å². The highest BCUT2D eigenvalue weighted by Crippen LogP contribution is 2.23. The Morgan fingerprint density at radius 2 is 1.42 bits per heavy atom. The summed E-state index contributed by atoms with van der Waals surface area (Å²) in [5, 5.41) is 14.1. The summed E-state index contributed by atoms with van der Waals surface area (Å²) in [6.45, 7) is 0.818. The molecule has 5 nitrogen and oxygen atoms in total. The molecule has 0 saturated carbocycles. The van der Waals surface area contributed by atoms with Crippen LogP contribution in [0.1, 0.15) is 29.9 Å². The lowest BCUT2D eigenvalue weighted by atomic mass is 9.91. The van der Waals surface area contributed by atoms with Crippen LogP contribution in [-0.2, 0) is 4.79 Å². The van der Waals surface area contributed by atoms with Crippen molar-refractivity contribution in [1.82, 2.24) is 10.6 Å². The molecule has 0 fully saturated rings. The first-order valence-electron chi connectivity index (χ1n) is 8.00. The number of aliphatic carboxylic acids is 1. The first kappa shape index (κ1) is 17.5. The predicted octanol–water partition coefficient (Wildman–Crippen LogP) is 2.98. The Kier molecular flexibility index (Phi) is 6.83. The molecule has 0 unspecified atom stereocenters. The normalized spacial score (nSPS) is 10.4. The van der Waals surface area contributed by atoms with Crippen LogP contribution in [0.25, 0.3) is 0 Å². The van der Waals surface area contributed by atoms with E-state index in [1.54, 1.807) is 0 Å². The summed E-state index contributed by atoms with van der Waals surface area (Å²) in [4.78, 5) is 22.3. The van der Waals surface area contributed by atoms with Crippen molar-refractivity contribution >= 4 is 12.0 Å². The van der Waals surface area contributed by atoms with Gasteiger partial charge in [0.1, 0.15) is 0 Å². The minimum Gasteiger partial charge on any atom is -0.481 e. The van der Waals surface area contributed by atoms with E-state index in [2.05, 4.69) is 10.6 Å². The number of carbonyl (C=O) groups is 2. The van der Waals surface area contributed by atoms with Crippen LogP contribution < -0.4 is 10.6 Å². The fraction of sp³-hybridized carbons (Fsp3) is 0.263. The molecule has 0 aliphatic carbocycles. The highest BCUT2D eigenvalue weighted by Gasteiger charge is 2.14. The Balaban J connectivity index is 1.92. The standard InChI is InChI=1S/C19H22N2O3/c22-18(23)12-7-13-20-19(24)21-14-17(15-8-3-1-4-9-15)16-10-5-2-6-11-16/h1-6,8-11,17H,7,12-14H2,(H,22,23)(H2,20,21,24). The largest absolute Gasteiger partial charge is 0.481 e. The van der Waals surface area contributed by atoms with Gasteiger partial charge in [-0.05, 0) is 17.5 Å². The Labute approximate surface area is 141 Å². The van der Waals surface area contributed by atoms with Gasteiger partial charge in [0.05, 0.1) is 0 Å². The van der Waals surface area contributed by atoms with Crippen LogP contribution in [0.2, 0.25) is 0 Å². The summed E-state index contributed by atoms with van der Waals surface area (Å²) >= 11 is 0. The maximum atomic E-state index is 11.9. The van der Waals surface area contributed by atoms with E-state index in [0.717, 1.165) is 11.1 Å². The quantitative estimate of drug-likeness (QED) is 0.653. The zero-order valence-corrected chi connectivity index (χ0v) is 13.4. The molecule has 0 radical (unpaired) electrons. The number of benzene rings is 2. The van der Waals surface area contributed by atoms with Gasteiger partial charge in [-0.2, -0.15) is 0 Å². The number of amides is 2. The molecule has 0 atom stereocenters. The van der Waals surface area contributed by atoms with Crippen molar-refractivity contribution in [3.05, 3.63) is 71.8 Å². The van der Waals surface area contributed by atoms with Crippen LogP contribution in [-0.4, -0.2) is 30.2 Å². The third-order valence-corrected chi connectivity index (χ3v) is 3.72. The number of rotatable bonds is 8. The van der Waals surface area contributed by atoms with E-state index < -0.39 is 5.97 Å². The highest BCUT2D eigenvalue weighted by atomic mass is 16.4. The van der Waals surface area contributed by atoms with Crippen LogP contribution in [0.4, 0.5) is 4.79 Å². The first-order chi connectivity index (χ1) is 11.7. The third-order valence-electron chi connectivity index (χ3n) is 3.72. The Hall–Kier alpha value is -2.82. The fourth-order valence-electron chi connectivity index (χ4n) is 2.50. The number of hydrogen-bond donors (Lipinski definition) is 3. The zero-order chi connectivity index (χ0) is 17.2. The summed E-state index contributed by atoms with van der Waals surface area (Å²) in [7, 11) is 0. The number of carbonyl (C=O) groups excluding carboxylic acids is 1. The van der Waals surface area contributed by atoms with Gasteiger partial charge in [0, 0.05) is 25.4 Å². The number of urea groups is 1. The second-order valence-corrected chi connectivity index (χ2v) is 5.51. The molecule has 0 bridgehead atoms. The molecule has 0 spiro atoms. The Bertz CT molecular complexity index is 605. The van der Waals surface area contributed by atoms with E-state index in [1.165, 1.54) is 0 Å². The van der Waals surface area contributed by atoms with Gasteiger partial charge in [-0.15, -0.1) is 0 Å². The molecule has 0 heterocycles. The number of carboxylic acids is 1. The molecule has 5 heteroatoms. The van der Waals surface area contributed by atoms with Gasteiger partial charge < -0.3 is 15.7 Å². The number of nitrogens with one attached hydrogen (secondary N) is 2. The molecule has 2 amide bonds. The van der Waals surface area contributed by atoms with Gasteiger partial charge in [0.25, 0.3) is 0 Å². The molecule has 0 aliphatic heterocycles. The van der Waals surface area contributed by atoms with E-state index in [0.29, 0.717) is 19.5 Å². The highest BCUT2D eigenvalue weighted by molar-refractivity contribution is 5.74. The molecule has 126 valence electrons. The van der Waals surface area contributed by atoms with Crippen LogP contribution in [0.15, 0.2) is 60.7 Å². The molecule has 2 aromatic rings. The summed E-state index contributed by atoms with van der Waals surface area (Å²) in [6, 6.07) is 19.8. The molecular formula is C19H22N2O3. The summed E-state index contributed by atoms with van der Waals surface area (Å²) < 4.78 is 0. The van der Waals surface area contributed by atoms with Crippen LogP contribution in [0.5, 0.6) is 0 Å². The molecule has 0 aromatic heterocycles. The molecule has 0 aliphatic rings. The molecule has 3 N–H and O–H groups in total. The monoisotopic (exact) mass is 326 g/mol. The van der Waals surface area contributed by atoms with Gasteiger partial charge in [0.2, 0.25) is 0 Å². The molecule has 0 saturated heterocycles. The lowest BCUT2D eigenvalue weighted by Crippen LogP contribution is -2.38. The van der Waals surface area contributed by atoms with Gasteiger partial charge in [0.15, 0.2) is 0 Å². The SMILES string of the molecule is O=C(O)CCCNC(=O)NCC(c1ccccc1)c1ccccc1. The van der Waals surface area contributed by atoms with Gasteiger partial charge >= 0.3 is 12.0 Å². The van der Waals surface area contributed by atoms with Crippen molar-refractivity contribution in [2.45, 2.75) is 18.8 Å². The van der Waals surface area contributed by atoms with Gasteiger partial charge in [-0.25, -0.2) is 4.79 Å². The van der Waals surface area contributed by atoms with Gasteiger partial charge in [-0.1, -0.05) is 60.7 Å². The fourth-order valence-corrected chi connectivity index (χ4v) is 2.50. The minimum absolute atomic E-state index is 0.0525. The minimum atomic E-state index is -0.856. The van der Waals surface area contributed by atoms with E-state index in [4.69, 9.17) is 5.11 Å². The maximum Gasteiger partial charge on any atom is 0.314 e. The maximum absolute atomic E-state index is 11.9. The molecule has 24 heavy (non-hydrogen) atoms. The average Bonchev–Trinajstić information content (AvgIpc) is 2.61. The van der Waals surface area contributed by atoms with Crippen molar-refractivity contribution in [1.29, 1.82) is 0 Å². The van der Waals surface area contributed by atoms with Crippen molar-refractivity contribution < 1.29 is 14.7 Å². The van der Waals surface area contributed by atoms with Crippen LogP contribution >= 0.6 is 0 Å². The van der Waals surface area contributed by atoms with E-state index in [-0.39, 0.29) is 18.4 Å². The lowest BCUT2D eigenvalue weighted by molar-refractivity contribution is -0.137. The van der Waals surface area contributed by atoms with Crippen molar-refractivity contribution in [3.63, 3.8) is 0 Å². The summed E-state index contributed by atoms with van der Waals surface area (Å²) in [5.41, 5.74) is 2.27.